The average Bonchev–Trinajstić information content (AvgIpc) is 3.44. The molecule has 234 valence electrons. The Kier molecular flexibility index (Phi) is 10.4. The Labute approximate surface area is 262 Å². The third-order valence-corrected chi connectivity index (χ3v) is 7.51. The molecule has 0 atom stereocenters. The van der Waals surface area contributed by atoms with Gasteiger partial charge in [-0.3, -0.25) is 14.4 Å². The molecule has 1 aliphatic rings. The van der Waals surface area contributed by atoms with E-state index in [1.165, 1.54) is 13.2 Å². The molecule has 0 spiro atoms. The highest BCUT2D eigenvalue weighted by molar-refractivity contribution is 6.04. The fourth-order valence-corrected chi connectivity index (χ4v) is 4.81. The molecule has 1 aliphatic heterocycles. The number of amides is 1. The number of likely N-dealkylation sites (N-methyl/N-ethyl adjacent to an activating group) is 1. The van der Waals surface area contributed by atoms with Crippen molar-refractivity contribution < 1.29 is 19.0 Å². The summed E-state index contributed by atoms with van der Waals surface area (Å²) in [6.45, 7) is 6.82. The number of aliphatic hydroxyl groups is 1. The number of carbonyl (C=O) groups is 1. The first kappa shape index (κ1) is 31.6. The maximum absolute atomic E-state index is 14.9. The number of carbonyl (C=O) groups excluding carboxylic acids is 1. The van der Waals surface area contributed by atoms with Crippen LogP contribution in [-0.4, -0.2) is 87.5 Å². The zero-order valence-electron chi connectivity index (χ0n) is 25.7. The second-order valence-electron chi connectivity index (χ2n) is 10.9. The van der Waals surface area contributed by atoms with Crippen molar-refractivity contribution in [3.8, 4) is 17.7 Å². The van der Waals surface area contributed by atoms with Crippen LogP contribution in [0.1, 0.15) is 39.0 Å². The molecule has 0 unspecified atom stereocenters. The number of aromatic nitrogens is 4. The molecule has 0 bridgehead atoms. The molecule has 3 heterocycles. The minimum Gasteiger partial charge on any atom is -0.478 e. The first-order chi connectivity index (χ1) is 21.8. The van der Waals surface area contributed by atoms with E-state index in [0.29, 0.717) is 65.0 Å². The largest absolute Gasteiger partial charge is 0.478 e. The third kappa shape index (κ3) is 8.42. The molecular formula is C33H37FN8O3. The SMILES string of the molecule is COc1nn(CCCO)cc1Nc1ncc(C#Cc2cc(C(=O)Nc3ccc(CN4CCN(C)CC4)c(F)c3)ccc2C)cn1. The Morgan fingerprint density at radius 1 is 1.09 bits per heavy atom. The van der Waals surface area contributed by atoms with Crippen LogP contribution in [-0.2, 0) is 13.1 Å². The van der Waals surface area contributed by atoms with Gasteiger partial charge in [0.1, 0.15) is 11.5 Å². The monoisotopic (exact) mass is 612 g/mol. The first-order valence-electron chi connectivity index (χ1n) is 14.8. The van der Waals surface area contributed by atoms with Crippen molar-refractivity contribution in [3.63, 3.8) is 0 Å². The fraction of sp³-hybridized carbons (Fsp3) is 0.333. The molecule has 45 heavy (non-hydrogen) atoms. The molecule has 12 heteroatoms. The first-order valence-corrected chi connectivity index (χ1v) is 14.8. The van der Waals surface area contributed by atoms with E-state index >= 15 is 0 Å². The van der Waals surface area contributed by atoms with Gasteiger partial charge in [0.2, 0.25) is 5.95 Å². The Morgan fingerprint density at radius 3 is 2.58 bits per heavy atom. The molecule has 2 aromatic carbocycles. The molecule has 0 saturated carbocycles. The summed E-state index contributed by atoms with van der Waals surface area (Å²) < 4.78 is 21.9. The van der Waals surface area contributed by atoms with Crippen LogP contribution in [0.2, 0.25) is 0 Å². The average molecular weight is 613 g/mol. The van der Waals surface area contributed by atoms with E-state index in [9.17, 15) is 9.18 Å². The van der Waals surface area contributed by atoms with Crippen molar-refractivity contribution in [2.75, 3.05) is 57.6 Å². The van der Waals surface area contributed by atoms with Crippen molar-refractivity contribution in [3.05, 3.63) is 88.6 Å². The lowest BCUT2D eigenvalue weighted by atomic mass is 10.0. The van der Waals surface area contributed by atoms with E-state index in [1.807, 2.05) is 13.0 Å². The molecule has 1 fully saturated rings. The smallest absolute Gasteiger partial charge is 0.256 e. The molecule has 2 aromatic heterocycles. The highest BCUT2D eigenvalue weighted by atomic mass is 19.1. The van der Waals surface area contributed by atoms with Crippen LogP contribution in [0.4, 0.5) is 21.7 Å². The summed E-state index contributed by atoms with van der Waals surface area (Å²) in [5.74, 6) is 6.21. The summed E-state index contributed by atoms with van der Waals surface area (Å²) >= 11 is 0. The number of methoxy groups -OCH3 is 1. The molecule has 4 aromatic rings. The van der Waals surface area contributed by atoms with Crippen molar-refractivity contribution >= 4 is 23.2 Å². The van der Waals surface area contributed by atoms with E-state index in [2.05, 4.69) is 54.4 Å². The van der Waals surface area contributed by atoms with E-state index in [-0.39, 0.29) is 18.3 Å². The summed E-state index contributed by atoms with van der Waals surface area (Å²) in [5.41, 5.74) is 4.20. The van der Waals surface area contributed by atoms with Gasteiger partial charge in [-0.05, 0) is 50.2 Å². The van der Waals surface area contributed by atoms with Gasteiger partial charge in [-0.1, -0.05) is 24.0 Å². The maximum atomic E-state index is 14.9. The van der Waals surface area contributed by atoms with Crippen molar-refractivity contribution in [2.45, 2.75) is 26.4 Å². The standard InChI is InChI=1S/C33H37FN8O3/c1-23-5-7-26(31(44)37-28-10-9-27(29(34)18-28)21-41-14-12-40(2)13-15-41)17-25(23)8-6-24-19-35-33(36-20-24)38-30-22-42(11-4-16-43)39-32(30)45-3/h5,7,9-10,17-20,22,43H,4,11-16,21H2,1-3H3,(H,37,44)(H,35,36,38). The van der Waals surface area contributed by atoms with Crippen LogP contribution in [0.3, 0.4) is 0 Å². The minimum absolute atomic E-state index is 0.0704. The number of piperazine rings is 1. The van der Waals surface area contributed by atoms with Gasteiger partial charge in [0.25, 0.3) is 11.8 Å². The van der Waals surface area contributed by atoms with Crippen LogP contribution in [0.5, 0.6) is 5.88 Å². The molecular weight excluding hydrogens is 575 g/mol. The normalized spacial score (nSPS) is 13.6. The molecule has 1 saturated heterocycles. The highest BCUT2D eigenvalue weighted by Gasteiger charge is 2.17. The number of aliphatic hydroxyl groups excluding tert-OH is 1. The summed E-state index contributed by atoms with van der Waals surface area (Å²) in [4.78, 5) is 26.2. The van der Waals surface area contributed by atoms with Crippen LogP contribution in [0.25, 0.3) is 0 Å². The molecule has 0 aliphatic carbocycles. The van der Waals surface area contributed by atoms with Crippen LogP contribution >= 0.6 is 0 Å². The van der Waals surface area contributed by atoms with E-state index in [4.69, 9.17) is 9.84 Å². The fourth-order valence-electron chi connectivity index (χ4n) is 4.81. The van der Waals surface area contributed by atoms with Gasteiger partial charge in [-0.15, -0.1) is 5.10 Å². The lowest BCUT2D eigenvalue weighted by molar-refractivity contribution is 0.102. The Bertz CT molecular complexity index is 1690. The lowest BCUT2D eigenvalue weighted by Crippen LogP contribution is -2.44. The van der Waals surface area contributed by atoms with Gasteiger partial charge < -0.3 is 25.4 Å². The van der Waals surface area contributed by atoms with E-state index < -0.39 is 0 Å². The third-order valence-electron chi connectivity index (χ3n) is 7.51. The second-order valence-corrected chi connectivity index (χ2v) is 10.9. The van der Waals surface area contributed by atoms with Gasteiger partial charge >= 0.3 is 0 Å². The van der Waals surface area contributed by atoms with E-state index in [0.717, 1.165) is 31.7 Å². The van der Waals surface area contributed by atoms with E-state index in [1.54, 1.807) is 47.5 Å². The molecule has 5 rings (SSSR count). The lowest BCUT2D eigenvalue weighted by Gasteiger charge is -2.32. The zero-order valence-corrected chi connectivity index (χ0v) is 25.7. The highest BCUT2D eigenvalue weighted by Crippen LogP contribution is 2.24. The number of nitrogens with one attached hydrogen (secondary N) is 2. The topological polar surface area (TPSA) is 121 Å². The van der Waals surface area contributed by atoms with Crippen molar-refractivity contribution in [1.82, 2.24) is 29.5 Å². The van der Waals surface area contributed by atoms with Gasteiger partial charge in [0.15, 0.2) is 0 Å². The van der Waals surface area contributed by atoms with Crippen LogP contribution < -0.4 is 15.4 Å². The van der Waals surface area contributed by atoms with Gasteiger partial charge in [0, 0.05) is 80.6 Å². The second kappa shape index (κ2) is 14.8. The number of nitrogens with zero attached hydrogens (tertiary/aromatic N) is 6. The number of benzene rings is 2. The number of hydrogen-bond acceptors (Lipinski definition) is 9. The predicted octanol–water partition coefficient (Wildman–Crippen LogP) is 3.65. The van der Waals surface area contributed by atoms with Gasteiger partial charge in [0.05, 0.1) is 18.9 Å². The minimum atomic E-state index is -0.349. The number of aryl methyl sites for hydroxylation is 2. The Balaban J connectivity index is 1.21. The molecule has 1 amide bonds. The number of hydrogen-bond donors (Lipinski definition) is 3. The zero-order chi connectivity index (χ0) is 31.8. The number of halogens is 1. The predicted molar refractivity (Wildman–Crippen MR) is 170 cm³/mol. The van der Waals surface area contributed by atoms with Crippen LogP contribution in [0, 0.1) is 24.6 Å². The van der Waals surface area contributed by atoms with Gasteiger partial charge in [-0.2, -0.15) is 0 Å². The maximum Gasteiger partial charge on any atom is 0.256 e. The summed E-state index contributed by atoms with van der Waals surface area (Å²) in [5, 5.41) is 19.3. The Morgan fingerprint density at radius 2 is 1.87 bits per heavy atom. The van der Waals surface area contributed by atoms with Gasteiger partial charge in [-0.25, -0.2) is 14.4 Å². The number of ether oxygens (including phenoxy) is 1. The van der Waals surface area contributed by atoms with Crippen LogP contribution in [0.15, 0.2) is 55.0 Å². The molecule has 11 nitrogen and oxygen atoms in total. The summed E-state index contributed by atoms with van der Waals surface area (Å²) in [7, 11) is 3.61. The van der Waals surface area contributed by atoms with Crippen molar-refractivity contribution in [1.29, 1.82) is 0 Å². The quantitative estimate of drug-likeness (QED) is 0.231. The number of rotatable bonds is 10. The van der Waals surface area contributed by atoms with Crippen molar-refractivity contribution in [2.24, 2.45) is 0 Å². The number of anilines is 3. The summed E-state index contributed by atoms with van der Waals surface area (Å²) in [6.07, 6.45) is 5.53. The Hall–Kier alpha value is -4.83. The molecule has 3 N–H and O–H groups in total. The summed E-state index contributed by atoms with van der Waals surface area (Å²) in [6, 6.07) is 10.1. The molecule has 0 radical (unpaired) electrons.